The summed E-state index contributed by atoms with van der Waals surface area (Å²) in [5.41, 5.74) is 3.37. The lowest BCUT2D eigenvalue weighted by Gasteiger charge is -2.07. The smallest absolute Gasteiger partial charge is 0.161 e. The Morgan fingerprint density at radius 2 is 2.29 bits per heavy atom. The number of nitrogens with one attached hydrogen (secondary N) is 1. The highest BCUT2D eigenvalue weighted by Crippen LogP contribution is 2.15. The van der Waals surface area contributed by atoms with E-state index in [-0.39, 0.29) is 0 Å². The molecule has 3 N–H and O–H groups in total. The van der Waals surface area contributed by atoms with E-state index >= 15 is 0 Å². The molecule has 0 amide bonds. The van der Waals surface area contributed by atoms with Gasteiger partial charge in [-0.15, -0.1) is 0 Å². The van der Waals surface area contributed by atoms with Crippen LogP contribution in [0.2, 0.25) is 0 Å². The number of nitrogens with two attached hydrogens (primary N) is 1. The van der Waals surface area contributed by atoms with E-state index in [0.717, 1.165) is 11.4 Å². The van der Waals surface area contributed by atoms with Crippen molar-refractivity contribution in [2.75, 3.05) is 5.43 Å². The maximum absolute atomic E-state index is 5.30. The van der Waals surface area contributed by atoms with Crippen molar-refractivity contribution in [2.24, 2.45) is 5.84 Å². The summed E-state index contributed by atoms with van der Waals surface area (Å²) >= 11 is 0. The highest BCUT2D eigenvalue weighted by Gasteiger charge is 2.06. The molecule has 0 bridgehead atoms. The molecule has 2 rings (SSSR count). The van der Waals surface area contributed by atoms with Crippen LogP contribution in [0.5, 0.6) is 0 Å². The molecule has 0 unspecified atom stereocenters. The first-order chi connectivity index (χ1) is 6.83. The zero-order chi connectivity index (χ0) is 9.97. The van der Waals surface area contributed by atoms with Crippen molar-refractivity contribution in [1.82, 2.24) is 19.7 Å². The SMILES string of the molecule is Cc1c(NN)ncnc1-n1cccn1. The summed E-state index contributed by atoms with van der Waals surface area (Å²) in [5.74, 6) is 6.63. The minimum absolute atomic E-state index is 0.602. The Morgan fingerprint density at radius 3 is 2.93 bits per heavy atom. The number of hydrogen-bond acceptors (Lipinski definition) is 5. The van der Waals surface area contributed by atoms with Crippen molar-refractivity contribution in [3.05, 3.63) is 30.4 Å². The number of hydrazine groups is 1. The van der Waals surface area contributed by atoms with Crippen molar-refractivity contribution >= 4 is 5.82 Å². The average molecular weight is 190 g/mol. The first-order valence-electron chi connectivity index (χ1n) is 4.11. The largest absolute Gasteiger partial charge is 0.308 e. The molecule has 0 saturated carbocycles. The summed E-state index contributed by atoms with van der Waals surface area (Å²) in [6, 6.07) is 1.83. The third kappa shape index (κ3) is 1.31. The van der Waals surface area contributed by atoms with Gasteiger partial charge in [-0.1, -0.05) is 0 Å². The summed E-state index contributed by atoms with van der Waals surface area (Å²) in [5, 5.41) is 4.08. The summed E-state index contributed by atoms with van der Waals surface area (Å²) < 4.78 is 1.66. The van der Waals surface area contributed by atoms with Crippen molar-refractivity contribution in [2.45, 2.75) is 6.92 Å². The lowest BCUT2D eigenvalue weighted by Crippen LogP contribution is -2.12. The molecule has 0 aliphatic rings. The molecule has 0 atom stereocenters. The van der Waals surface area contributed by atoms with Crippen LogP contribution in [0.25, 0.3) is 5.82 Å². The second-order valence-corrected chi connectivity index (χ2v) is 2.77. The lowest BCUT2D eigenvalue weighted by atomic mass is 10.3. The molecule has 2 heterocycles. The third-order valence-corrected chi connectivity index (χ3v) is 1.92. The predicted octanol–water partition coefficient (Wildman–Crippen LogP) is 0.256. The van der Waals surface area contributed by atoms with E-state index in [2.05, 4.69) is 20.5 Å². The van der Waals surface area contributed by atoms with Crippen molar-refractivity contribution in [1.29, 1.82) is 0 Å². The fraction of sp³-hybridized carbons (Fsp3) is 0.125. The second kappa shape index (κ2) is 3.43. The Morgan fingerprint density at radius 1 is 1.43 bits per heavy atom. The lowest BCUT2D eigenvalue weighted by molar-refractivity contribution is 0.829. The molecule has 0 aliphatic heterocycles. The van der Waals surface area contributed by atoms with Gasteiger partial charge in [-0.05, 0) is 13.0 Å². The van der Waals surface area contributed by atoms with Gasteiger partial charge in [0.1, 0.15) is 12.1 Å². The van der Waals surface area contributed by atoms with Crippen LogP contribution in [-0.4, -0.2) is 19.7 Å². The quantitative estimate of drug-likeness (QED) is 0.524. The molecule has 2 aromatic rings. The van der Waals surface area contributed by atoms with Crippen molar-refractivity contribution < 1.29 is 0 Å². The van der Waals surface area contributed by atoms with Gasteiger partial charge in [0, 0.05) is 18.0 Å². The maximum Gasteiger partial charge on any atom is 0.161 e. The van der Waals surface area contributed by atoms with E-state index in [1.54, 1.807) is 10.9 Å². The molecule has 0 radical (unpaired) electrons. The zero-order valence-electron chi connectivity index (χ0n) is 7.68. The highest BCUT2D eigenvalue weighted by molar-refractivity contribution is 5.49. The minimum atomic E-state index is 0.602. The summed E-state index contributed by atoms with van der Waals surface area (Å²) in [6.45, 7) is 1.88. The summed E-state index contributed by atoms with van der Waals surface area (Å²) in [4.78, 5) is 8.10. The van der Waals surface area contributed by atoms with Crippen LogP contribution < -0.4 is 11.3 Å². The fourth-order valence-electron chi connectivity index (χ4n) is 1.21. The van der Waals surface area contributed by atoms with Crippen LogP contribution >= 0.6 is 0 Å². The molecule has 14 heavy (non-hydrogen) atoms. The number of anilines is 1. The van der Waals surface area contributed by atoms with Gasteiger partial charge in [-0.2, -0.15) is 5.10 Å². The number of aromatic nitrogens is 4. The van der Waals surface area contributed by atoms with Crippen LogP contribution in [-0.2, 0) is 0 Å². The Kier molecular flexibility index (Phi) is 2.11. The van der Waals surface area contributed by atoms with E-state index in [9.17, 15) is 0 Å². The number of nitrogen functional groups attached to an aromatic ring is 1. The number of nitrogens with zero attached hydrogens (tertiary/aromatic N) is 4. The summed E-state index contributed by atoms with van der Waals surface area (Å²) in [7, 11) is 0. The Hall–Kier alpha value is -1.95. The zero-order valence-corrected chi connectivity index (χ0v) is 7.68. The molecule has 6 nitrogen and oxygen atoms in total. The fourth-order valence-corrected chi connectivity index (χ4v) is 1.21. The van der Waals surface area contributed by atoms with Crippen molar-refractivity contribution in [3.63, 3.8) is 0 Å². The first kappa shape index (κ1) is 8.64. The summed E-state index contributed by atoms with van der Waals surface area (Å²) in [6.07, 6.45) is 4.95. The minimum Gasteiger partial charge on any atom is -0.308 e. The Bertz CT molecular complexity index is 421. The van der Waals surface area contributed by atoms with Crippen molar-refractivity contribution in [3.8, 4) is 5.82 Å². The van der Waals surface area contributed by atoms with Gasteiger partial charge in [0.25, 0.3) is 0 Å². The standard InChI is InChI=1S/C8H10N6/c1-6-7(13-9)10-5-11-8(6)14-4-2-3-12-14/h2-5H,9H2,1H3,(H,10,11,13). The topological polar surface area (TPSA) is 81.6 Å². The van der Waals surface area contributed by atoms with Crippen LogP contribution in [0.15, 0.2) is 24.8 Å². The maximum atomic E-state index is 5.30. The molecule has 0 saturated heterocycles. The predicted molar refractivity (Wildman–Crippen MR) is 51.7 cm³/mol. The van der Waals surface area contributed by atoms with Gasteiger partial charge in [0.05, 0.1) is 0 Å². The van der Waals surface area contributed by atoms with Gasteiger partial charge < -0.3 is 5.43 Å². The highest BCUT2D eigenvalue weighted by atomic mass is 15.3. The molecule has 6 heteroatoms. The van der Waals surface area contributed by atoms with Crippen LogP contribution in [0.1, 0.15) is 5.56 Å². The van der Waals surface area contributed by atoms with E-state index in [1.165, 1.54) is 6.33 Å². The van der Waals surface area contributed by atoms with Crippen LogP contribution in [0, 0.1) is 6.92 Å². The van der Waals surface area contributed by atoms with E-state index in [0.29, 0.717) is 5.82 Å². The van der Waals surface area contributed by atoms with Gasteiger partial charge >= 0.3 is 0 Å². The number of hydrogen-bond donors (Lipinski definition) is 2. The van der Waals surface area contributed by atoms with Gasteiger partial charge in [-0.3, -0.25) is 0 Å². The van der Waals surface area contributed by atoms with Gasteiger partial charge in [0.2, 0.25) is 0 Å². The molecule has 0 spiro atoms. The molecule has 72 valence electrons. The molecule has 0 aliphatic carbocycles. The monoisotopic (exact) mass is 190 g/mol. The van der Waals surface area contributed by atoms with E-state index < -0.39 is 0 Å². The molecular formula is C8H10N6. The number of rotatable bonds is 2. The molecular weight excluding hydrogens is 180 g/mol. The van der Waals surface area contributed by atoms with Crippen LogP contribution in [0.3, 0.4) is 0 Å². The normalized spacial score (nSPS) is 10.1. The van der Waals surface area contributed by atoms with Gasteiger partial charge in [-0.25, -0.2) is 20.5 Å². The van der Waals surface area contributed by atoms with E-state index in [1.807, 2.05) is 19.2 Å². The first-order valence-corrected chi connectivity index (χ1v) is 4.11. The van der Waals surface area contributed by atoms with Gasteiger partial charge in [0.15, 0.2) is 5.82 Å². The Balaban J connectivity index is 2.54. The molecule has 2 aromatic heterocycles. The van der Waals surface area contributed by atoms with E-state index in [4.69, 9.17) is 5.84 Å². The molecule has 0 fully saturated rings. The third-order valence-electron chi connectivity index (χ3n) is 1.92. The Labute approximate surface area is 80.8 Å². The van der Waals surface area contributed by atoms with Crippen LogP contribution in [0.4, 0.5) is 5.82 Å². The average Bonchev–Trinajstić information content (AvgIpc) is 2.71. The molecule has 0 aromatic carbocycles. The second-order valence-electron chi connectivity index (χ2n) is 2.77.